The van der Waals surface area contributed by atoms with E-state index < -0.39 is 17.8 Å². The Morgan fingerprint density at radius 1 is 1.16 bits per heavy atom. The Hall–Kier alpha value is -2.63. The highest BCUT2D eigenvalue weighted by molar-refractivity contribution is 6.31. The molecule has 4 amide bonds. The lowest BCUT2D eigenvalue weighted by Gasteiger charge is -2.35. The Labute approximate surface area is 146 Å². The highest BCUT2D eigenvalue weighted by Gasteiger charge is 2.40. The summed E-state index contributed by atoms with van der Waals surface area (Å²) in [5.74, 6) is -0.439. The lowest BCUT2D eigenvalue weighted by Crippen LogP contribution is -2.58. The first-order chi connectivity index (χ1) is 12.0. The van der Waals surface area contributed by atoms with Gasteiger partial charge in [-0.15, -0.1) is 0 Å². The Balaban J connectivity index is 1.92. The Kier molecular flexibility index (Phi) is 4.88. The lowest BCUT2D eigenvalue weighted by atomic mass is 9.93. The molecule has 132 valence electrons. The molecule has 1 aromatic carbocycles. The second kappa shape index (κ2) is 7.09. The second-order valence-electron chi connectivity index (χ2n) is 6.51. The van der Waals surface area contributed by atoms with Crippen molar-refractivity contribution in [1.29, 1.82) is 0 Å². The molecule has 1 saturated heterocycles. The number of barbiturate groups is 1. The molecule has 1 N–H and O–H groups in total. The maximum Gasteiger partial charge on any atom is 0.331 e. The van der Waals surface area contributed by atoms with Crippen molar-refractivity contribution in [3.63, 3.8) is 0 Å². The van der Waals surface area contributed by atoms with Crippen LogP contribution in [0.15, 0.2) is 23.8 Å². The number of methoxy groups -OCH3 is 1. The van der Waals surface area contributed by atoms with Crippen LogP contribution in [-0.2, 0) is 9.59 Å². The van der Waals surface area contributed by atoms with Crippen LogP contribution < -0.4 is 10.1 Å². The number of nitrogens with one attached hydrogen (secondary N) is 1. The summed E-state index contributed by atoms with van der Waals surface area (Å²) in [5.41, 5.74) is 1.63. The van der Waals surface area contributed by atoms with Crippen molar-refractivity contribution in [3.8, 4) is 5.75 Å². The number of ether oxygens (including phenoxy) is 1. The molecule has 1 aliphatic heterocycles. The molecule has 1 heterocycles. The van der Waals surface area contributed by atoms with Crippen LogP contribution in [0.5, 0.6) is 5.75 Å². The van der Waals surface area contributed by atoms with Crippen LogP contribution in [0.25, 0.3) is 6.08 Å². The fourth-order valence-electron chi connectivity index (χ4n) is 3.43. The van der Waals surface area contributed by atoms with E-state index in [1.165, 1.54) is 4.90 Å². The van der Waals surface area contributed by atoms with E-state index in [1.807, 2.05) is 13.0 Å². The summed E-state index contributed by atoms with van der Waals surface area (Å²) in [6.07, 6.45) is 6.24. The van der Waals surface area contributed by atoms with Gasteiger partial charge in [-0.1, -0.05) is 25.3 Å². The van der Waals surface area contributed by atoms with Crippen molar-refractivity contribution in [2.75, 3.05) is 7.11 Å². The molecule has 0 unspecified atom stereocenters. The fraction of sp³-hybridized carbons (Fsp3) is 0.421. The molecule has 25 heavy (non-hydrogen) atoms. The van der Waals surface area contributed by atoms with E-state index in [4.69, 9.17) is 4.74 Å². The number of amides is 4. The van der Waals surface area contributed by atoms with Crippen LogP contribution in [0, 0.1) is 6.92 Å². The van der Waals surface area contributed by atoms with E-state index in [2.05, 4.69) is 5.32 Å². The first kappa shape index (κ1) is 17.2. The van der Waals surface area contributed by atoms with Crippen LogP contribution in [0.3, 0.4) is 0 Å². The summed E-state index contributed by atoms with van der Waals surface area (Å²) in [6, 6.07) is 4.67. The van der Waals surface area contributed by atoms with Crippen LogP contribution in [0.2, 0.25) is 0 Å². The molecule has 0 bridgehead atoms. The zero-order valence-electron chi connectivity index (χ0n) is 14.5. The Morgan fingerprint density at radius 3 is 2.52 bits per heavy atom. The van der Waals surface area contributed by atoms with Gasteiger partial charge in [0.2, 0.25) is 0 Å². The maximum absolute atomic E-state index is 12.8. The number of imide groups is 2. The zero-order valence-corrected chi connectivity index (χ0v) is 14.5. The highest BCUT2D eigenvalue weighted by Crippen LogP contribution is 2.27. The number of hydrogen-bond acceptors (Lipinski definition) is 4. The molecule has 2 aliphatic rings. The molecule has 0 aromatic heterocycles. The van der Waals surface area contributed by atoms with E-state index >= 15 is 0 Å². The number of rotatable bonds is 3. The molecule has 0 spiro atoms. The third-order valence-electron chi connectivity index (χ3n) is 4.85. The molecule has 1 saturated carbocycles. The van der Waals surface area contributed by atoms with Crippen molar-refractivity contribution in [1.82, 2.24) is 10.2 Å². The van der Waals surface area contributed by atoms with E-state index in [9.17, 15) is 14.4 Å². The average molecular weight is 342 g/mol. The van der Waals surface area contributed by atoms with Gasteiger partial charge >= 0.3 is 6.03 Å². The van der Waals surface area contributed by atoms with E-state index in [0.717, 1.165) is 43.2 Å². The normalized spacial score (nSPS) is 20.8. The highest BCUT2D eigenvalue weighted by atomic mass is 16.5. The topological polar surface area (TPSA) is 75.7 Å². The summed E-state index contributed by atoms with van der Waals surface area (Å²) >= 11 is 0. The number of urea groups is 1. The number of aryl methyl sites for hydroxylation is 1. The predicted molar refractivity (Wildman–Crippen MR) is 93.0 cm³/mol. The van der Waals surface area contributed by atoms with Gasteiger partial charge in [0.05, 0.1) is 7.11 Å². The molecule has 0 atom stereocenters. The number of carbonyl (C=O) groups is 3. The third-order valence-corrected chi connectivity index (χ3v) is 4.85. The predicted octanol–water partition coefficient (Wildman–Crippen LogP) is 2.80. The summed E-state index contributed by atoms with van der Waals surface area (Å²) in [6.45, 7) is 1.88. The molecule has 1 aliphatic carbocycles. The third kappa shape index (κ3) is 3.43. The molecule has 1 aromatic rings. The van der Waals surface area contributed by atoms with Crippen molar-refractivity contribution < 1.29 is 19.1 Å². The zero-order chi connectivity index (χ0) is 18.0. The second-order valence-corrected chi connectivity index (χ2v) is 6.51. The van der Waals surface area contributed by atoms with Crippen molar-refractivity contribution >= 4 is 23.9 Å². The van der Waals surface area contributed by atoms with E-state index in [-0.39, 0.29) is 11.6 Å². The fourth-order valence-corrected chi connectivity index (χ4v) is 3.43. The standard InChI is InChI=1S/C19H22N2O4/c1-12-10-15(25-2)9-8-13(12)11-16-17(22)20-19(24)21(18(16)23)14-6-4-3-5-7-14/h8-11,14H,3-7H2,1-2H3,(H,20,22,24). The molecule has 6 nitrogen and oxygen atoms in total. The summed E-state index contributed by atoms with van der Waals surface area (Å²) in [4.78, 5) is 38.5. The summed E-state index contributed by atoms with van der Waals surface area (Å²) in [5, 5.41) is 2.30. The van der Waals surface area contributed by atoms with Gasteiger partial charge in [0.25, 0.3) is 11.8 Å². The smallest absolute Gasteiger partial charge is 0.331 e. The SMILES string of the molecule is COc1ccc(C=C2C(=O)NC(=O)N(C3CCCCC3)C2=O)c(C)c1. The minimum atomic E-state index is -0.641. The quantitative estimate of drug-likeness (QED) is 0.677. The van der Waals surface area contributed by atoms with E-state index in [0.29, 0.717) is 5.75 Å². The first-order valence-corrected chi connectivity index (χ1v) is 8.56. The summed E-state index contributed by atoms with van der Waals surface area (Å²) < 4.78 is 5.17. The number of hydrogen-bond donors (Lipinski definition) is 1. The van der Waals surface area contributed by atoms with Crippen molar-refractivity contribution in [3.05, 3.63) is 34.9 Å². The number of carbonyl (C=O) groups excluding carboxylic acids is 3. The monoisotopic (exact) mass is 342 g/mol. The number of nitrogens with zero attached hydrogens (tertiary/aromatic N) is 1. The minimum Gasteiger partial charge on any atom is -0.497 e. The van der Waals surface area contributed by atoms with Gasteiger partial charge in [-0.05, 0) is 49.1 Å². The van der Waals surface area contributed by atoms with Gasteiger partial charge in [0.15, 0.2) is 0 Å². The molecule has 3 rings (SSSR count). The van der Waals surface area contributed by atoms with Gasteiger partial charge in [-0.3, -0.25) is 19.8 Å². The molecule has 0 radical (unpaired) electrons. The maximum atomic E-state index is 12.8. The van der Waals surface area contributed by atoms with Crippen LogP contribution in [0.4, 0.5) is 4.79 Å². The molecular weight excluding hydrogens is 320 g/mol. The van der Waals surface area contributed by atoms with Crippen LogP contribution >= 0.6 is 0 Å². The molecule has 2 fully saturated rings. The van der Waals surface area contributed by atoms with Gasteiger partial charge < -0.3 is 4.74 Å². The molecule has 6 heteroatoms. The van der Waals surface area contributed by atoms with Gasteiger partial charge in [-0.2, -0.15) is 0 Å². The van der Waals surface area contributed by atoms with E-state index in [1.54, 1.807) is 25.3 Å². The Bertz CT molecular complexity index is 748. The average Bonchev–Trinajstić information content (AvgIpc) is 2.60. The minimum absolute atomic E-state index is 0.00144. The van der Waals surface area contributed by atoms with Crippen LogP contribution in [0.1, 0.15) is 43.2 Å². The van der Waals surface area contributed by atoms with Gasteiger partial charge in [0.1, 0.15) is 11.3 Å². The van der Waals surface area contributed by atoms with Crippen LogP contribution in [-0.4, -0.2) is 35.9 Å². The van der Waals surface area contributed by atoms with Gasteiger partial charge in [0, 0.05) is 6.04 Å². The summed E-state index contributed by atoms with van der Waals surface area (Å²) in [7, 11) is 1.58. The van der Waals surface area contributed by atoms with Crippen molar-refractivity contribution in [2.24, 2.45) is 0 Å². The largest absolute Gasteiger partial charge is 0.497 e. The first-order valence-electron chi connectivity index (χ1n) is 8.56. The number of benzene rings is 1. The van der Waals surface area contributed by atoms with Gasteiger partial charge in [-0.25, -0.2) is 4.79 Å². The van der Waals surface area contributed by atoms with Crippen molar-refractivity contribution in [2.45, 2.75) is 45.1 Å². The Morgan fingerprint density at radius 2 is 1.88 bits per heavy atom. The lowest BCUT2D eigenvalue weighted by molar-refractivity contribution is -0.132. The molecular formula is C19H22N2O4.